The minimum atomic E-state index is 0.0192. The number of hydrogen-bond donors (Lipinski definition) is 0. The van der Waals surface area contributed by atoms with Crippen LogP contribution in [0, 0.1) is 0 Å². The van der Waals surface area contributed by atoms with E-state index in [4.69, 9.17) is 9.47 Å². The quantitative estimate of drug-likeness (QED) is 0.279. The van der Waals surface area contributed by atoms with Crippen molar-refractivity contribution in [3.05, 3.63) is 89.5 Å². The van der Waals surface area contributed by atoms with E-state index in [1.807, 2.05) is 60.7 Å². The predicted molar refractivity (Wildman–Crippen MR) is 136 cm³/mol. The van der Waals surface area contributed by atoms with Crippen molar-refractivity contribution < 1.29 is 14.3 Å². The summed E-state index contributed by atoms with van der Waals surface area (Å²) in [5.74, 6) is 2.29. The first kappa shape index (κ1) is 24.6. The Morgan fingerprint density at radius 3 is 1.58 bits per heavy atom. The Bertz CT molecular complexity index is 1010. The second-order valence-electron chi connectivity index (χ2n) is 8.83. The van der Waals surface area contributed by atoms with Gasteiger partial charge in [-0.25, -0.2) is 0 Å². The largest absolute Gasteiger partial charge is 0.490 e. The number of carbonyl (C=O) groups is 1. The van der Waals surface area contributed by atoms with Gasteiger partial charge < -0.3 is 9.47 Å². The number of carbonyl (C=O) groups excluding carboxylic acids is 1. The molecular formula is C30H36O3. The summed E-state index contributed by atoms with van der Waals surface area (Å²) in [7, 11) is 0. The second-order valence-corrected chi connectivity index (χ2v) is 8.83. The molecule has 3 nitrogen and oxygen atoms in total. The van der Waals surface area contributed by atoms with Crippen LogP contribution in [0.2, 0.25) is 0 Å². The average Bonchev–Trinajstić information content (AvgIpc) is 2.88. The first-order valence-electron chi connectivity index (χ1n) is 12.1. The summed E-state index contributed by atoms with van der Waals surface area (Å²) < 4.78 is 11.9. The number of ketones is 1. The lowest BCUT2D eigenvalue weighted by Gasteiger charge is -2.27. The average molecular weight is 445 g/mol. The molecule has 0 aliphatic rings. The first-order chi connectivity index (χ1) is 15.9. The standard InChI is InChI=1S/C30H36O3/c1-6-25(7-2)32-27-18-20-28(21-19-27)33-26-16-12-23(13-17-26)29(31)22-10-14-24(15-11-22)30(5,8-3)9-4/h10-21,25H,6-9H2,1-5H3. The lowest BCUT2D eigenvalue weighted by Crippen LogP contribution is -2.19. The van der Waals surface area contributed by atoms with Gasteiger partial charge in [0.1, 0.15) is 17.2 Å². The number of benzene rings is 3. The van der Waals surface area contributed by atoms with Gasteiger partial charge in [0.25, 0.3) is 0 Å². The van der Waals surface area contributed by atoms with Crippen LogP contribution in [0.25, 0.3) is 0 Å². The molecule has 0 N–H and O–H groups in total. The smallest absolute Gasteiger partial charge is 0.193 e. The van der Waals surface area contributed by atoms with Gasteiger partial charge in [-0.1, -0.05) is 58.9 Å². The number of rotatable bonds is 11. The van der Waals surface area contributed by atoms with Crippen LogP contribution < -0.4 is 9.47 Å². The van der Waals surface area contributed by atoms with Crippen LogP contribution in [0.1, 0.15) is 81.8 Å². The molecule has 3 aromatic carbocycles. The van der Waals surface area contributed by atoms with Crippen LogP contribution in [-0.4, -0.2) is 11.9 Å². The van der Waals surface area contributed by atoms with E-state index in [9.17, 15) is 4.79 Å². The molecule has 0 aromatic heterocycles. The molecule has 3 rings (SSSR count). The Morgan fingerprint density at radius 1 is 0.697 bits per heavy atom. The van der Waals surface area contributed by atoms with E-state index >= 15 is 0 Å². The molecule has 0 spiro atoms. The Hall–Kier alpha value is -3.07. The Labute approximate surface area is 198 Å². The van der Waals surface area contributed by atoms with Crippen LogP contribution in [0.3, 0.4) is 0 Å². The summed E-state index contributed by atoms with van der Waals surface area (Å²) in [6.45, 7) is 11.0. The molecule has 0 fully saturated rings. The summed E-state index contributed by atoms with van der Waals surface area (Å²) in [6.07, 6.45) is 4.36. The second kappa shape index (κ2) is 11.2. The molecule has 0 saturated carbocycles. The zero-order valence-corrected chi connectivity index (χ0v) is 20.6. The van der Waals surface area contributed by atoms with E-state index in [0.29, 0.717) is 16.9 Å². The highest BCUT2D eigenvalue weighted by Gasteiger charge is 2.22. The maximum Gasteiger partial charge on any atom is 0.193 e. The minimum Gasteiger partial charge on any atom is -0.490 e. The van der Waals surface area contributed by atoms with Crippen molar-refractivity contribution in [1.82, 2.24) is 0 Å². The molecule has 0 bridgehead atoms. The fourth-order valence-electron chi connectivity index (χ4n) is 3.89. The van der Waals surface area contributed by atoms with Gasteiger partial charge in [0.15, 0.2) is 5.78 Å². The zero-order chi connectivity index (χ0) is 23.8. The molecule has 0 saturated heterocycles. The summed E-state index contributed by atoms with van der Waals surface area (Å²) in [6, 6.07) is 23.0. The lowest BCUT2D eigenvalue weighted by atomic mass is 9.77. The molecule has 0 amide bonds. The molecule has 0 radical (unpaired) electrons. The van der Waals surface area contributed by atoms with Gasteiger partial charge in [-0.2, -0.15) is 0 Å². The molecule has 0 aliphatic heterocycles. The topological polar surface area (TPSA) is 35.5 Å². The molecule has 0 heterocycles. The summed E-state index contributed by atoms with van der Waals surface area (Å²) in [5, 5.41) is 0. The van der Waals surface area contributed by atoms with E-state index in [1.54, 1.807) is 0 Å². The maximum absolute atomic E-state index is 12.9. The van der Waals surface area contributed by atoms with Crippen LogP contribution in [0.4, 0.5) is 0 Å². The number of ether oxygens (including phenoxy) is 2. The maximum atomic E-state index is 12.9. The lowest BCUT2D eigenvalue weighted by molar-refractivity contribution is 0.103. The Balaban J connectivity index is 1.64. The zero-order valence-electron chi connectivity index (χ0n) is 20.6. The van der Waals surface area contributed by atoms with Crippen molar-refractivity contribution in [2.45, 2.75) is 71.8 Å². The third-order valence-corrected chi connectivity index (χ3v) is 6.79. The van der Waals surface area contributed by atoms with Crippen molar-refractivity contribution in [2.75, 3.05) is 0 Å². The van der Waals surface area contributed by atoms with Gasteiger partial charge in [0, 0.05) is 11.1 Å². The monoisotopic (exact) mass is 444 g/mol. The van der Waals surface area contributed by atoms with Crippen molar-refractivity contribution in [2.24, 2.45) is 0 Å². The Kier molecular flexibility index (Phi) is 8.32. The predicted octanol–water partition coefficient (Wildman–Crippen LogP) is 8.36. The molecule has 174 valence electrons. The first-order valence-corrected chi connectivity index (χ1v) is 12.1. The summed E-state index contributed by atoms with van der Waals surface area (Å²) in [5.41, 5.74) is 2.79. The van der Waals surface area contributed by atoms with Gasteiger partial charge in [0.2, 0.25) is 0 Å². The SMILES string of the molecule is CCC(CC)Oc1ccc(Oc2ccc(C(=O)c3ccc(C(C)(CC)CC)cc3)cc2)cc1. The van der Waals surface area contributed by atoms with E-state index in [2.05, 4.69) is 46.8 Å². The van der Waals surface area contributed by atoms with Gasteiger partial charge in [-0.15, -0.1) is 0 Å². The van der Waals surface area contributed by atoms with Crippen molar-refractivity contribution in [3.8, 4) is 17.2 Å². The molecule has 0 atom stereocenters. The minimum absolute atomic E-state index is 0.0192. The highest BCUT2D eigenvalue weighted by atomic mass is 16.5. The van der Waals surface area contributed by atoms with E-state index in [-0.39, 0.29) is 17.3 Å². The van der Waals surface area contributed by atoms with E-state index in [1.165, 1.54) is 5.56 Å². The normalized spacial score (nSPS) is 11.5. The molecular weight excluding hydrogens is 408 g/mol. The molecule has 0 unspecified atom stereocenters. The highest BCUT2D eigenvalue weighted by molar-refractivity contribution is 6.09. The molecule has 3 aromatic rings. The van der Waals surface area contributed by atoms with Crippen molar-refractivity contribution in [1.29, 1.82) is 0 Å². The van der Waals surface area contributed by atoms with Crippen LogP contribution in [-0.2, 0) is 5.41 Å². The van der Waals surface area contributed by atoms with Crippen LogP contribution in [0.5, 0.6) is 17.2 Å². The molecule has 33 heavy (non-hydrogen) atoms. The van der Waals surface area contributed by atoms with Gasteiger partial charge >= 0.3 is 0 Å². The van der Waals surface area contributed by atoms with Crippen LogP contribution >= 0.6 is 0 Å². The number of hydrogen-bond acceptors (Lipinski definition) is 3. The summed E-state index contributed by atoms with van der Waals surface area (Å²) in [4.78, 5) is 12.9. The fourth-order valence-corrected chi connectivity index (χ4v) is 3.89. The van der Waals surface area contributed by atoms with Crippen molar-refractivity contribution >= 4 is 5.78 Å². The van der Waals surface area contributed by atoms with Gasteiger partial charge in [-0.05, 0) is 85.2 Å². The van der Waals surface area contributed by atoms with Gasteiger partial charge in [0.05, 0.1) is 6.10 Å². The highest BCUT2D eigenvalue weighted by Crippen LogP contribution is 2.31. The molecule has 3 heteroatoms. The van der Waals surface area contributed by atoms with Crippen LogP contribution in [0.15, 0.2) is 72.8 Å². The van der Waals surface area contributed by atoms with Gasteiger partial charge in [-0.3, -0.25) is 4.79 Å². The Morgan fingerprint density at radius 2 is 1.12 bits per heavy atom. The van der Waals surface area contributed by atoms with E-state index < -0.39 is 0 Å². The summed E-state index contributed by atoms with van der Waals surface area (Å²) >= 11 is 0. The fraction of sp³-hybridized carbons (Fsp3) is 0.367. The third-order valence-electron chi connectivity index (χ3n) is 6.79. The van der Waals surface area contributed by atoms with E-state index in [0.717, 1.165) is 37.2 Å². The third kappa shape index (κ3) is 6.04. The van der Waals surface area contributed by atoms with Crippen molar-refractivity contribution in [3.63, 3.8) is 0 Å². The molecule has 0 aliphatic carbocycles.